The Balaban J connectivity index is 2.03. The van der Waals surface area contributed by atoms with Crippen molar-refractivity contribution in [2.24, 2.45) is 0 Å². The van der Waals surface area contributed by atoms with Crippen LogP contribution in [0, 0.1) is 5.82 Å². The van der Waals surface area contributed by atoms with Gasteiger partial charge >= 0.3 is 0 Å². The third-order valence-corrected chi connectivity index (χ3v) is 3.65. The first kappa shape index (κ1) is 16.0. The number of hydrogen-bond donors (Lipinski definition) is 1. The van der Waals surface area contributed by atoms with Crippen LogP contribution in [0.2, 0.25) is 0 Å². The maximum atomic E-state index is 13.1. The second-order valence-corrected chi connectivity index (χ2v) is 5.81. The van der Waals surface area contributed by atoms with Gasteiger partial charge < -0.3 is 10.1 Å². The Morgan fingerprint density at radius 3 is 2.45 bits per heavy atom. The standard InChI is InChI=1S/C18H20FNO2/c1-18(2,14-7-9-16(22-3)10-8-14)12-20-17(21)13-5-4-6-15(19)11-13/h4-11H,12H2,1-3H3,(H,20,21). The monoisotopic (exact) mass is 301 g/mol. The van der Waals surface area contributed by atoms with Crippen LogP contribution in [0.1, 0.15) is 29.8 Å². The van der Waals surface area contributed by atoms with Crippen LogP contribution in [0.4, 0.5) is 4.39 Å². The molecule has 0 fully saturated rings. The molecule has 0 aliphatic rings. The fourth-order valence-corrected chi connectivity index (χ4v) is 2.18. The summed E-state index contributed by atoms with van der Waals surface area (Å²) in [6.07, 6.45) is 0. The molecule has 2 aromatic rings. The van der Waals surface area contributed by atoms with Crippen molar-refractivity contribution >= 4 is 5.91 Å². The minimum absolute atomic E-state index is 0.241. The molecular formula is C18H20FNO2. The van der Waals surface area contributed by atoms with Crippen molar-refractivity contribution < 1.29 is 13.9 Å². The SMILES string of the molecule is COc1ccc(C(C)(C)CNC(=O)c2cccc(F)c2)cc1. The van der Waals surface area contributed by atoms with Gasteiger partial charge in [0.2, 0.25) is 0 Å². The normalized spacial score (nSPS) is 11.1. The molecule has 4 heteroatoms. The topological polar surface area (TPSA) is 38.3 Å². The fraction of sp³-hybridized carbons (Fsp3) is 0.278. The lowest BCUT2D eigenvalue weighted by atomic mass is 9.84. The predicted molar refractivity (Wildman–Crippen MR) is 84.8 cm³/mol. The molecule has 0 bridgehead atoms. The van der Waals surface area contributed by atoms with Crippen molar-refractivity contribution in [3.63, 3.8) is 0 Å². The Labute approximate surface area is 130 Å². The van der Waals surface area contributed by atoms with E-state index in [0.29, 0.717) is 12.1 Å². The number of rotatable bonds is 5. The van der Waals surface area contributed by atoms with E-state index in [9.17, 15) is 9.18 Å². The highest BCUT2D eigenvalue weighted by Crippen LogP contribution is 2.24. The molecule has 1 amide bonds. The molecule has 0 aromatic heterocycles. The first-order chi connectivity index (χ1) is 10.4. The molecule has 0 aliphatic carbocycles. The van der Waals surface area contributed by atoms with Gasteiger partial charge in [-0.05, 0) is 35.9 Å². The maximum Gasteiger partial charge on any atom is 0.251 e. The van der Waals surface area contributed by atoms with Crippen molar-refractivity contribution in [3.05, 3.63) is 65.5 Å². The molecular weight excluding hydrogens is 281 g/mol. The van der Waals surface area contributed by atoms with Crippen LogP contribution < -0.4 is 10.1 Å². The summed E-state index contributed by atoms with van der Waals surface area (Å²) in [6, 6.07) is 13.4. The summed E-state index contributed by atoms with van der Waals surface area (Å²) >= 11 is 0. The predicted octanol–water partition coefficient (Wildman–Crippen LogP) is 3.54. The number of hydrogen-bond acceptors (Lipinski definition) is 2. The summed E-state index contributed by atoms with van der Waals surface area (Å²) < 4.78 is 18.3. The molecule has 0 radical (unpaired) electrons. The highest BCUT2D eigenvalue weighted by Gasteiger charge is 2.21. The van der Waals surface area contributed by atoms with Gasteiger partial charge in [0.05, 0.1) is 7.11 Å². The van der Waals surface area contributed by atoms with Crippen molar-refractivity contribution in [3.8, 4) is 5.75 Å². The van der Waals surface area contributed by atoms with Gasteiger partial charge in [0.25, 0.3) is 5.91 Å². The molecule has 2 aromatic carbocycles. The van der Waals surface area contributed by atoms with Gasteiger partial charge in [0, 0.05) is 17.5 Å². The van der Waals surface area contributed by atoms with E-state index >= 15 is 0 Å². The molecule has 22 heavy (non-hydrogen) atoms. The summed E-state index contributed by atoms with van der Waals surface area (Å²) in [7, 11) is 1.62. The fourth-order valence-electron chi connectivity index (χ4n) is 2.18. The van der Waals surface area contributed by atoms with Crippen LogP contribution in [0.25, 0.3) is 0 Å². The lowest BCUT2D eigenvalue weighted by Gasteiger charge is -2.26. The Morgan fingerprint density at radius 2 is 1.86 bits per heavy atom. The van der Waals surface area contributed by atoms with Crippen molar-refractivity contribution in [1.82, 2.24) is 5.32 Å². The van der Waals surface area contributed by atoms with Crippen LogP contribution in [0.3, 0.4) is 0 Å². The summed E-state index contributed by atoms with van der Waals surface area (Å²) in [5, 5.41) is 2.86. The molecule has 3 nitrogen and oxygen atoms in total. The summed E-state index contributed by atoms with van der Waals surface area (Å²) in [5.41, 5.74) is 1.17. The van der Waals surface area contributed by atoms with E-state index in [2.05, 4.69) is 5.32 Å². The van der Waals surface area contributed by atoms with E-state index < -0.39 is 5.82 Å². The highest BCUT2D eigenvalue weighted by molar-refractivity contribution is 5.94. The Hall–Kier alpha value is -2.36. The van der Waals surface area contributed by atoms with Gasteiger partial charge in [-0.25, -0.2) is 4.39 Å². The second kappa shape index (κ2) is 6.60. The zero-order valence-electron chi connectivity index (χ0n) is 13.0. The average molecular weight is 301 g/mol. The van der Waals surface area contributed by atoms with E-state index in [1.807, 2.05) is 38.1 Å². The molecule has 0 heterocycles. The van der Waals surface area contributed by atoms with Gasteiger partial charge in [-0.3, -0.25) is 4.79 Å². The van der Waals surface area contributed by atoms with Crippen molar-refractivity contribution in [2.45, 2.75) is 19.3 Å². The number of nitrogens with one attached hydrogen (secondary N) is 1. The van der Waals surface area contributed by atoms with Crippen LogP contribution in [0.5, 0.6) is 5.75 Å². The van der Waals surface area contributed by atoms with Gasteiger partial charge in [-0.15, -0.1) is 0 Å². The summed E-state index contributed by atoms with van der Waals surface area (Å²) in [6.45, 7) is 4.54. The maximum absolute atomic E-state index is 13.1. The zero-order valence-corrected chi connectivity index (χ0v) is 13.0. The van der Waals surface area contributed by atoms with Crippen LogP contribution in [-0.2, 0) is 5.41 Å². The number of benzene rings is 2. The van der Waals surface area contributed by atoms with E-state index in [4.69, 9.17) is 4.74 Å². The van der Waals surface area contributed by atoms with Gasteiger partial charge in [0.1, 0.15) is 11.6 Å². The van der Waals surface area contributed by atoms with Crippen molar-refractivity contribution in [2.75, 3.05) is 13.7 Å². The number of halogens is 1. The number of methoxy groups -OCH3 is 1. The molecule has 0 spiro atoms. The van der Waals surface area contributed by atoms with E-state index in [0.717, 1.165) is 11.3 Å². The average Bonchev–Trinajstić information content (AvgIpc) is 2.52. The highest BCUT2D eigenvalue weighted by atomic mass is 19.1. The molecule has 0 atom stereocenters. The van der Waals surface area contributed by atoms with E-state index in [1.54, 1.807) is 13.2 Å². The third kappa shape index (κ3) is 3.85. The number of carbonyl (C=O) groups is 1. The number of amides is 1. The first-order valence-electron chi connectivity index (χ1n) is 7.11. The van der Waals surface area contributed by atoms with Crippen molar-refractivity contribution in [1.29, 1.82) is 0 Å². The van der Waals surface area contributed by atoms with Gasteiger partial charge in [-0.1, -0.05) is 32.0 Å². The van der Waals surface area contributed by atoms with E-state index in [-0.39, 0.29) is 11.3 Å². The quantitative estimate of drug-likeness (QED) is 0.917. The molecule has 0 unspecified atom stereocenters. The van der Waals surface area contributed by atoms with Gasteiger partial charge in [-0.2, -0.15) is 0 Å². The molecule has 0 aliphatic heterocycles. The molecule has 0 saturated heterocycles. The van der Waals surface area contributed by atoms with Crippen LogP contribution >= 0.6 is 0 Å². The molecule has 0 saturated carbocycles. The largest absolute Gasteiger partial charge is 0.497 e. The Bertz CT molecular complexity index is 650. The van der Waals surface area contributed by atoms with Crippen LogP contribution in [-0.4, -0.2) is 19.6 Å². The minimum atomic E-state index is -0.415. The number of ether oxygens (including phenoxy) is 1. The third-order valence-electron chi connectivity index (χ3n) is 3.65. The van der Waals surface area contributed by atoms with Crippen LogP contribution in [0.15, 0.2) is 48.5 Å². The Morgan fingerprint density at radius 1 is 1.18 bits per heavy atom. The summed E-state index contributed by atoms with van der Waals surface area (Å²) in [4.78, 5) is 12.1. The lowest BCUT2D eigenvalue weighted by Crippen LogP contribution is -2.36. The molecule has 1 N–H and O–H groups in total. The van der Waals surface area contributed by atoms with Gasteiger partial charge in [0.15, 0.2) is 0 Å². The smallest absolute Gasteiger partial charge is 0.251 e. The zero-order chi connectivity index (χ0) is 16.2. The molecule has 116 valence electrons. The first-order valence-corrected chi connectivity index (χ1v) is 7.11. The Kier molecular flexibility index (Phi) is 4.81. The lowest BCUT2D eigenvalue weighted by molar-refractivity contribution is 0.0945. The van der Waals surface area contributed by atoms with E-state index in [1.165, 1.54) is 18.2 Å². The molecule has 2 rings (SSSR count). The number of carbonyl (C=O) groups excluding carboxylic acids is 1. The second-order valence-electron chi connectivity index (χ2n) is 5.81. The minimum Gasteiger partial charge on any atom is -0.497 e. The summed E-state index contributed by atoms with van der Waals surface area (Å²) in [5.74, 6) is 0.103.